The average Bonchev–Trinajstić information content (AvgIpc) is 2.27. The van der Waals surface area contributed by atoms with Crippen molar-refractivity contribution in [2.24, 2.45) is 0 Å². The van der Waals surface area contributed by atoms with E-state index in [1.807, 2.05) is 0 Å². The van der Waals surface area contributed by atoms with E-state index in [2.05, 4.69) is 5.32 Å². The molecule has 6 heteroatoms. The van der Waals surface area contributed by atoms with Gasteiger partial charge in [0.2, 0.25) is 0 Å². The van der Waals surface area contributed by atoms with Gasteiger partial charge in [0.25, 0.3) is 0 Å². The smallest absolute Gasteiger partial charge is 0.179 e. The molecule has 1 heterocycles. The molecule has 2 rings (SSSR count). The second kappa shape index (κ2) is 5.15. The van der Waals surface area contributed by atoms with Crippen molar-refractivity contribution in [1.29, 1.82) is 0 Å². The van der Waals surface area contributed by atoms with Gasteiger partial charge in [-0.05, 0) is 37.1 Å². The summed E-state index contributed by atoms with van der Waals surface area (Å²) in [6.45, 7) is 0.887. The molecule has 1 fully saturated rings. The number of piperidine rings is 1. The fourth-order valence-corrected chi connectivity index (χ4v) is 3.73. The summed E-state index contributed by atoms with van der Waals surface area (Å²) in [7, 11) is -3.64. The van der Waals surface area contributed by atoms with Crippen molar-refractivity contribution in [3.05, 3.63) is 28.5 Å². The lowest BCUT2D eigenvalue weighted by Crippen LogP contribution is -2.27. The summed E-state index contributed by atoms with van der Waals surface area (Å²) in [6.07, 6.45) is 4.04. The number of benzene rings is 1. The summed E-state index contributed by atoms with van der Waals surface area (Å²) >= 11 is 5.89. The van der Waals surface area contributed by atoms with Crippen LogP contribution in [0.1, 0.15) is 30.9 Å². The Bertz CT molecular complexity index is 530. The summed E-state index contributed by atoms with van der Waals surface area (Å²) in [4.78, 5) is -0.413. The zero-order valence-corrected chi connectivity index (χ0v) is 11.6. The Balaban J connectivity index is 2.42. The van der Waals surface area contributed by atoms with Crippen molar-refractivity contribution in [3.63, 3.8) is 0 Å². The van der Waals surface area contributed by atoms with E-state index >= 15 is 0 Å². The lowest BCUT2D eigenvalue weighted by Gasteiger charge is -2.24. The summed E-state index contributed by atoms with van der Waals surface area (Å²) in [5.41, 5.74) is 0.713. The van der Waals surface area contributed by atoms with Crippen LogP contribution in [0.25, 0.3) is 0 Å². The van der Waals surface area contributed by atoms with Gasteiger partial charge in [0.05, 0.1) is 5.02 Å². The predicted octanol–water partition coefficient (Wildman–Crippen LogP) is 2.70. The third-order valence-electron chi connectivity index (χ3n) is 3.10. The molecule has 1 N–H and O–H groups in total. The van der Waals surface area contributed by atoms with Crippen LogP contribution >= 0.6 is 11.6 Å². The quantitative estimate of drug-likeness (QED) is 0.911. The monoisotopic (exact) mass is 291 g/mol. The van der Waals surface area contributed by atoms with Crippen LogP contribution in [0.3, 0.4) is 0 Å². The van der Waals surface area contributed by atoms with Crippen LogP contribution in [0.5, 0.6) is 0 Å². The van der Waals surface area contributed by atoms with Gasteiger partial charge in [-0.3, -0.25) is 0 Å². The van der Waals surface area contributed by atoms with Crippen LogP contribution < -0.4 is 5.32 Å². The maximum atomic E-state index is 13.9. The second-order valence-electron chi connectivity index (χ2n) is 4.59. The highest BCUT2D eigenvalue weighted by Crippen LogP contribution is 2.31. The highest BCUT2D eigenvalue weighted by Gasteiger charge is 2.22. The molecule has 0 spiro atoms. The van der Waals surface area contributed by atoms with Crippen LogP contribution in [0.4, 0.5) is 4.39 Å². The normalized spacial score (nSPS) is 20.9. The Morgan fingerprint density at radius 3 is 2.61 bits per heavy atom. The Morgan fingerprint density at radius 2 is 2.11 bits per heavy atom. The Labute approximate surface area is 111 Å². The summed E-state index contributed by atoms with van der Waals surface area (Å²) in [6, 6.07) is 2.87. The van der Waals surface area contributed by atoms with Crippen molar-refractivity contribution in [3.8, 4) is 0 Å². The first-order chi connectivity index (χ1) is 8.39. The lowest BCUT2D eigenvalue weighted by molar-refractivity contribution is 0.410. The summed E-state index contributed by atoms with van der Waals surface area (Å²) in [5.74, 6) is -0.771. The minimum Gasteiger partial charge on any atom is -0.310 e. The lowest BCUT2D eigenvalue weighted by atomic mass is 9.97. The minimum atomic E-state index is -3.64. The van der Waals surface area contributed by atoms with E-state index in [1.165, 1.54) is 6.07 Å². The molecule has 1 aromatic rings. The van der Waals surface area contributed by atoms with Gasteiger partial charge in [-0.15, -0.1) is 0 Å². The van der Waals surface area contributed by atoms with Gasteiger partial charge >= 0.3 is 0 Å². The molecular weight excluding hydrogens is 277 g/mol. The zero-order chi connectivity index (χ0) is 13.3. The van der Waals surface area contributed by atoms with Gasteiger partial charge in [-0.25, -0.2) is 12.8 Å². The highest BCUT2D eigenvalue weighted by molar-refractivity contribution is 7.90. The molecule has 1 saturated heterocycles. The third kappa shape index (κ3) is 2.84. The van der Waals surface area contributed by atoms with Crippen LogP contribution in [-0.2, 0) is 9.84 Å². The van der Waals surface area contributed by atoms with E-state index in [9.17, 15) is 12.8 Å². The first-order valence-electron chi connectivity index (χ1n) is 5.82. The van der Waals surface area contributed by atoms with Crippen LogP contribution in [0, 0.1) is 5.82 Å². The molecule has 1 aromatic carbocycles. The van der Waals surface area contributed by atoms with Crippen molar-refractivity contribution >= 4 is 21.4 Å². The molecule has 0 aromatic heterocycles. The molecule has 0 amide bonds. The molecule has 1 aliphatic rings. The van der Waals surface area contributed by atoms with E-state index in [4.69, 9.17) is 11.6 Å². The van der Waals surface area contributed by atoms with Gasteiger partial charge in [-0.2, -0.15) is 0 Å². The first-order valence-corrected chi connectivity index (χ1v) is 8.09. The number of nitrogens with one attached hydrogen (secondary N) is 1. The molecule has 0 radical (unpaired) electrons. The average molecular weight is 292 g/mol. The van der Waals surface area contributed by atoms with Crippen molar-refractivity contribution in [2.45, 2.75) is 30.2 Å². The van der Waals surface area contributed by atoms with Gasteiger partial charge < -0.3 is 5.32 Å². The zero-order valence-electron chi connectivity index (χ0n) is 10.0. The topological polar surface area (TPSA) is 46.2 Å². The highest BCUT2D eigenvalue weighted by atomic mass is 35.5. The van der Waals surface area contributed by atoms with Crippen molar-refractivity contribution in [1.82, 2.24) is 5.32 Å². The third-order valence-corrected chi connectivity index (χ3v) is 4.67. The molecule has 18 heavy (non-hydrogen) atoms. The Kier molecular flexibility index (Phi) is 3.94. The molecule has 100 valence electrons. The van der Waals surface area contributed by atoms with Gasteiger partial charge in [0.15, 0.2) is 9.84 Å². The molecular formula is C12H15ClFNO2S. The van der Waals surface area contributed by atoms with E-state index < -0.39 is 20.5 Å². The Morgan fingerprint density at radius 1 is 1.39 bits per heavy atom. The molecule has 1 atom stereocenters. The van der Waals surface area contributed by atoms with Gasteiger partial charge in [0.1, 0.15) is 10.7 Å². The molecule has 0 aliphatic carbocycles. The van der Waals surface area contributed by atoms with Crippen LogP contribution in [0.2, 0.25) is 5.02 Å². The first kappa shape index (κ1) is 13.8. The van der Waals surface area contributed by atoms with E-state index in [-0.39, 0.29) is 11.1 Å². The fourth-order valence-electron chi connectivity index (χ4n) is 2.27. The van der Waals surface area contributed by atoms with Gasteiger partial charge in [-0.1, -0.05) is 18.0 Å². The SMILES string of the molecule is CS(=O)(=O)c1c(F)cc(C2CCCCN2)cc1Cl. The molecule has 1 aliphatic heterocycles. The molecule has 0 saturated carbocycles. The predicted molar refractivity (Wildman–Crippen MR) is 69.1 cm³/mol. The van der Waals surface area contributed by atoms with E-state index in [0.29, 0.717) is 5.56 Å². The van der Waals surface area contributed by atoms with Gasteiger partial charge in [0, 0.05) is 12.3 Å². The summed E-state index contributed by atoms with van der Waals surface area (Å²) in [5, 5.41) is 3.23. The molecule has 1 unspecified atom stereocenters. The maximum absolute atomic E-state index is 13.9. The standard InChI is InChI=1S/C12H15ClFNO2S/c1-18(16,17)12-9(13)6-8(7-10(12)14)11-4-2-3-5-15-11/h6-7,11,15H,2-5H2,1H3. The van der Waals surface area contributed by atoms with Crippen LogP contribution in [0.15, 0.2) is 17.0 Å². The number of hydrogen-bond acceptors (Lipinski definition) is 3. The van der Waals surface area contributed by atoms with Crippen molar-refractivity contribution < 1.29 is 12.8 Å². The molecule has 0 bridgehead atoms. The Hall–Kier alpha value is -0.650. The largest absolute Gasteiger partial charge is 0.310 e. The number of halogens is 2. The maximum Gasteiger partial charge on any atom is 0.179 e. The second-order valence-corrected chi connectivity index (χ2v) is 6.95. The summed E-state index contributed by atoms with van der Waals surface area (Å²) < 4.78 is 36.7. The molecule has 3 nitrogen and oxygen atoms in total. The fraction of sp³-hybridized carbons (Fsp3) is 0.500. The van der Waals surface area contributed by atoms with Crippen molar-refractivity contribution in [2.75, 3.05) is 12.8 Å². The van der Waals surface area contributed by atoms with E-state index in [1.54, 1.807) is 6.07 Å². The number of hydrogen-bond donors (Lipinski definition) is 1. The number of sulfone groups is 1. The number of rotatable bonds is 2. The minimum absolute atomic E-state index is 0.0418. The van der Waals surface area contributed by atoms with E-state index in [0.717, 1.165) is 32.1 Å². The van der Waals surface area contributed by atoms with Crippen LogP contribution in [-0.4, -0.2) is 21.2 Å².